The Hall–Kier alpha value is -1.88. The first-order chi connectivity index (χ1) is 9.13. The largest absolute Gasteiger partial charge is 0.390 e. The summed E-state index contributed by atoms with van der Waals surface area (Å²) in [4.78, 5) is 9.58. The number of nitrogens with zero attached hydrogens (tertiary/aromatic N) is 2. The molecule has 0 radical (unpaired) electrons. The van der Waals surface area contributed by atoms with E-state index in [1.807, 2.05) is 37.4 Å². The Kier molecular flexibility index (Phi) is 4.52. The molecule has 0 spiro atoms. The molecule has 0 aliphatic carbocycles. The molecular weight excluding hydrogens is 258 g/mol. The molecule has 0 unspecified atom stereocenters. The Labute approximate surface area is 116 Å². The molecule has 1 aromatic heterocycles. The van der Waals surface area contributed by atoms with Gasteiger partial charge < -0.3 is 10.6 Å². The summed E-state index contributed by atoms with van der Waals surface area (Å²) in [5.41, 5.74) is 9.02. The van der Waals surface area contributed by atoms with Gasteiger partial charge in [0, 0.05) is 5.38 Å². The van der Waals surface area contributed by atoms with E-state index in [4.69, 9.17) is 10.6 Å². The van der Waals surface area contributed by atoms with Gasteiger partial charge in [0.15, 0.2) is 0 Å². The molecule has 0 amide bonds. The van der Waals surface area contributed by atoms with Gasteiger partial charge in [0.1, 0.15) is 12.4 Å². The Balaban J connectivity index is 1.85. The van der Waals surface area contributed by atoms with E-state index in [9.17, 15) is 0 Å². The van der Waals surface area contributed by atoms with Crippen molar-refractivity contribution in [3.05, 3.63) is 51.5 Å². The van der Waals surface area contributed by atoms with Gasteiger partial charge >= 0.3 is 0 Å². The van der Waals surface area contributed by atoms with E-state index in [1.165, 1.54) is 5.56 Å². The second kappa shape index (κ2) is 6.33. The number of hydrogen-bond donors (Lipinski definition) is 1. The monoisotopic (exact) mass is 275 g/mol. The van der Waals surface area contributed by atoms with Crippen molar-refractivity contribution in [3.63, 3.8) is 0 Å². The molecule has 2 rings (SSSR count). The van der Waals surface area contributed by atoms with Gasteiger partial charge in [0.2, 0.25) is 0 Å². The summed E-state index contributed by atoms with van der Waals surface area (Å²) in [5, 5.41) is 6.93. The summed E-state index contributed by atoms with van der Waals surface area (Å²) in [5.74, 6) is 0.443. The Morgan fingerprint density at radius 1 is 1.42 bits per heavy atom. The summed E-state index contributed by atoms with van der Waals surface area (Å²) in [6.07, 6.45) is 0.526. The molecule has 1 aromatic carbocycles. The standard InChI is InChI=1S/C14H17N3OS/c1-10-4-3-5-12(6-10)8-18-17-14(15)7-13-9-19-11(2)16-13/h3-6,9H,7-8H2,1-2H3,(H2,15,17). The zero-order valence-corrected chi connectivity index (χ0v) is 11.9. The number of thiazole rings is 1. The highest BCUT2D eigenvalue weighted by Crippen LogP contribution is 2.09. The van der Waals surface area contributed by atoms with Crippen molar-refractivity contribution < 1.29 is 4.84 Å². The number of rotatable bonds is 5. The highest BCUT2D eigenvalue weighted by atomic mass is 32.1. The van der Waals surface area contributed by atoms with Crippen LogP contribution in [0.5, 0.6) is 0 Å². The third-order valence-electron chi connectivity index (χ3n) is 2.52. The quantitative estimate of drug-likeness (QED) is 0.518. The maximum Gasteiger partial charge on any atom is 0.145 e. The lowest BCUT2D eigenvalue weighted by Crippen LogP contribution is -2.15. The van der Waals surface area contributed by atoms with Crippen molar-refractivity contribution in [2.75, 3.05) is 0 Å². The number of nitrogens with two attached hydrogens (primary N) is 1. The summed E-state index contributed by atoms with van der Waals surface area (Å²) < 4.78 is 0. The van der Waals surface area contributed by atoms with Crippen molar-refractivity contribution in [1.82, 2.24) is 4.98 Å². The van der Waals surface area contributed by atoms with Crippen LogP contribution in [0.2, 0.25) is 0 Å². The van der Waals surface area contributed by atoms with E-state index in [0.717, 1.165) is 16.3 Å². The normalized spacial score (nSPS) is 11.6. The van der Waals surface area contributed by atoms with Gasteiger partial charge in [-0.1, -0.05) is 35.0 Å². The maximum atomic E-state index is 5.80. The smallest absolute Gasteiger partial charge is 0.145 e. The number of benzene rings is 1. The van der Waals surface area contributed by atoms with E-state index >= 15 is 0 Å². The Morgan fingerprint density at radius 3 is 2.95 bits per heavy atom. The Morgan fingerprint density at radius 2 is 2.26 bits per heavy atom. The minimum atomic E-state index is 0.429. The lowest BCUT2D eigenvalue weighted by atomic mass is 10.1. The number of amidine groups is 1. The third kappa shape index (κ3) is 4.37. The first-order valence-corrected chi connectivity index (χ1v) is 6.92. The highest BCUT2D eigenvalue weighted by Gasteiger charge is 2.02. The van der Waals surface area contributed by atoms with Crippen molar-refractivity contribution in [3.8, 4) is 0 Å². The number of aromatic nitrogens is 1. The Bertz CT molecular complexity index is 578. The van der Waals surface area contributed by atoms with Gasteiger partial charge in [0.05, 0.1) is 17.1 Å². The fraction of sp³-hybridized carbons (Fsp3) is 0.286. The van der Waals surface area contributed by atoms with Crippen molar-refractivity contribution >= 4 is 17.2 Å². The van der Waals surface area contributed by atoms with Crippen LogP contribution in [0.4, 0.5) is 0 Å². The SMILES string of the molecule is Cc1cccc(CO/N=C(\N)Cc2csc(C)n2)c1. The van der Waals surface area contributed by atoms with Crippen molar-refractivity contribution in [1.29, 1.82) is 0 Å². The second-order valence-electron chi connectivity index (χ2n) is 4.38. The van der Waals surface area contributed by atoms with E-state index < -0.39 is 0 Å². The topological polar surface area (TPSA) is 60.5 Å². The van der Waals surface area contributed by atoms with E-state index in [-0.39, 0.29) is 0 Å². The fourth-order valence-electron chi connectivity index (χ4n) is 1.70. The lowest BCUT2D eigenvalue weighted by molar-refractivity contribution is 0.129. The average molecular weight is 275 g/mol. The van der Waals surface area contributed by atoms with Crippen LogP contribution in [0.3, 0.4) is 0 Å². The van der Waals surface area contributed by atoms with Crippen LogP contribution in [0.25, 0.3) is 0 Å². The van der Waals surface area contributed by atoms with Crippen LogP contribution in [0.15, 0.2) is 34.8 Å². The summed E-state index contributed by atoms with van der Waals surface area (Å²) in [7, 11) is 0. The molecule has 0 bridgehead atoms. The zero-order chi connectivity index (χ0) is 13.7. The molecule has 2 aromatic rings. The molecule has 19 heavy (non-hydrogen) atoms. The minimum Gasteiger partial charge on any atom is -0.390 e. The molecule has 2 N–H and O–H groups in total. The maximum absolute atomic E-state index is 5.80. The van der Waals surface area contributed by atoms with Crippen LogP contribution in [-0.4, -0.2) is 10.8 Å². The lowest BCUT2D eigenvalue weighted by Gasteiger charge is -2.02. The summed E-state index contributed by atoms with van der Waals surface area (Å²) in [6.45, 7) is 4.44. The number of oxime groups is 1. The van der Waals surface area contributed by atoms with Crippen molar-refractivity contribution in [2.24, 2.45) is 10.9 Å². The number of hydrogen-bond acceptors (Lipinski definition) is 4. The molecule has 0 fully saturated rings. The van der Waals surface area contributed by atoms with Crippen LogP contribution in [0.1, 0.15) is 21.8 Å². The van der Waals surface area contributed by atoms with Crippen LogP contribution < -0.4 is 5.73 Å². The molecule has 5 heteroatoms. The minimum absolute atomic E-state index is 0.429. The van der Waals surface area contributed by atoms with Crippen LogP contribution in [-0.2, 0) is 17.9 Å². The molecule has 0 aliphatic heterocycles. The van der Waals surface area contributed by atoms with E-state index in [2.05, 4.69) is 16.2 Å². The average Bonchev–Trinajstić information content (AvgIpc) is 2.75. The van der Waals surface area contributed by atoms with E-state index in [1.54, 1.807) is 11.3 Å². The van der Waals surface area contributed by atoms with Gasteiger partial charge in [-0.15, -0.1) is 11.3 Å². The second-order valence-corrected chi connectivity index (χ2v) is 5.44. The van der Waals surface area contributed by atoms with Crippen molar-refractivity contribution in [2.45, 2.75) is 26.9 Å². The first-order valence-electron chi connectivity index (χ1n) is 6.04. The molecule has 0 aliphatic rings. The first kappa shape index (κ1) is 13.5. The van der Waals surface area contributed by atoms with Gasteiger partial charge in [-0.05, 0) is 19.4 Å². The van der Waals surface area contributed by atoms with Gasteiger partial charge in [-0.3, -0.25) is 0 Å². The molecule has 0 atom stereocenters. The summed E-state index contributed by atoms with van der Waals surface area (Å²) in [6, 6.07) is 8.11. The third-order valence-corrected chi connectivity index (χ3v) is 3.35. The zero-order valence-electron chi connectivity index (χ0n) is 11.1. The molecule has 4 nitrogen and oxygen atoms in total. The highest BCUT2D eigenvalue weighted by molar-refractivity contribution is 7.09. The molecule has 100 valence electrons. The summed E-state index contributed by atoms with van der Waals surface area (Å²) >= 11 is 1.61. The predicted molar refractivity (Wildman–Crippen MR) is 78.1 cm³/mol. The van der Waals surface area contributed by atoms with Gasteiger partial charge in [-0.2, -0.15) is 0 Å². The fourth-order valence-corrected chi connectivity index (χ4v) is 2.31. The van der Waals surface area contributed by atoms with E-state index in [0.29, 0.717) is 18.9 Å². The van der Waals surface area contributed by atoms with Crippen LogP contribution in [0, 0.1) is 13.8 Å². The predicted octanol–water partition coefficient (Wildman–Crippen LogP) is 2.79. The molecule has 0 saturated heterocycles. The van der Waals surface area contributed by atoms with Gasteiger partial charge in [0.25, 0.3) is 0 Å². The molecular formula is C14H17N3OS. The van der Waals surface area contributed by atoms with Crippen LogP contribution >= 0.6 is 11.3 Å². The molecule has 1 heterocycles. The molecule has 0 saturated carbocycles. The number of aryl methyl sites for hydroxylation is 2. The van der Waals surface area contributed by atoms with Gasteiger partial charge in [-0.25, -0.2) is 4.98 Å².